The van der Waals surface area contributed by atoms with E-state index in [-0.39, 0.29) is 5.91 Å². The second kappa shape index (κ2) is 7.23. The van der Waals surface area contributed by atoms with E-state index in [2.05, 4.69) is 20.3 Å². The van der Waals surface area contributed by atoms with Crippen LogP contribution in [0.2, 0.25) is 0 Å². The molecule has 0 fully saturated rings. The predicted octanol–water partition coefficient (Wildman–Crippen LogP) is 3.96. The highest BCUT2D eigenvalue weighted by atomic mass is 32.2. The first-order chi connectivity index (χ1) is 11.6. The summed E-state index contributed by atoms with van der Waals surface area (Å²) in [7, 11) is 0. The molecule has 1 N–H and O–H groups in total. The number of nitrogens with zero attached hydrogens (tertiary/aromatic N) is 3. The summed E-state index contributed by atoms with van der Waals surface area (Å²) in [4.78, 5) is 25.2. The minimum atomic E-state index is -0.0798. The van der Waals surface area contributed by atoms with Crippen LogP contribution in [0.4, 0.5) is 5.69 Å². The van der Waals surface area contributed by atoms with Crippen LogP contribution < -0.4 is 5.32 Å². The van der Waals surface area contributed by atoms with Crippen LogP contribution in [0.5, 0.6) is 0 Å². The van der Waals surface area contributed by atoms with Gasteiger partial charge >= 0.3 is 0 Å². The Balaban J connectivity index is 1.82. The topological polar surface area (TPSA) is 67.8 Å². The Morgan fingerprint density at radius 2 is 1.75 bits per heavy atom. The van der Waals surface area contributed by atoms with E-state index < -0.39 is 0 Å². The number of benzene rings is 1. The number of amides is 1. The fraction of sp³-hybridized carbons (Fsp3) is 0.111. The largest absolute Gasteiger partial charge is 0.326 e. The maximum Gasteiger partial charge on any atom is 0.221 e. The number of hydrogen-bond donors (Lipinski definition) is 1. The molecule has 5 nitrogen and oxygen atoms in total. The zero-order chi connectivity index (χ0) is 16.9. The highest BCUT2D eigenvalue weighted by Gasteiger charge is 2.07. The van der Waals surface area contributed by atoms with Gasteiger partial charge in [-0.25, -0.2) is 9.97 Å². The quantitative estimate of drug-likeness (QED) is 0.731. The Morgan fingerprint density at radius 3 is 2.42 bits per heavy atom. The van der Waals surface area contributed by atoms with Crippen molar-refractivity contribution in [2.24, 2.45) is 0 Å². The van der Waals surface area contributed by atoms with E-state index in [1.54, 1.807) is 24.2 Å². The van der Waals surface area contributed by atoms with Gasteiger partial charge in [-0.1, -0.05) is 11.8 Å². The lowest BCUT2D eigenvalue weighted by Gasteiger charge is -2.07. The fourth-order valence-corrected chi connectivity index (χ4v) is 3.03. The van der Waals surface area contributed by atoms with Crippen molar-refractivity contribution in [3.8, 4) is 11.4 Å². The van der Waals surface area contributed by atoms with Crippen molar-refractivity contribution >= 4 is 23.4 Å². The monoisotopic (exact) mass is 336 g/mol. The maximum absolute atomic E-state index is 11.1. The van der Waals surface area contributed by atoms with Gasteiger partial charge in [-0.2, -0.15) is 0 Å². The van der Waals surface area contributed by atoms with Crippen molar-refractivity contribution in [2.45, 2.75) is 23.8 Å². The molecule has 0 aliphatic heterocycles. The summed E-state index contributed by atoms with van der Waals surface area (Å²) in [5.74, 6) is 0.610. The number of rotatable bonds is 4. The molecular weight excluding hydrogens is 320 g/mol. The molecule has 0 bridgehead atoms. The van der Waals surface area contributed by atoms with E-state index >= 15 is 0 Å². The van der Waals surface area contributed by atoms with Crippen LogP contribution >= 0.6 is 11.8 Å². The molecule has 0 saturated carbocycles. The number of carbonyl (C=O) groups excluding carboxylic acids is 1. The van der Waals surface area contributed by atoms with Crippen molar-refractivity contribution in [2.75, 3.05) is 5.32 Å². The van der Waals surface area contributed by atoms with E-state index in [4.69, 9.17) is 0 Å². The third kappa shape index (κ3) is 4.17. The van der Waals surface area contributed by atoms with Gasteiger partial charge in [-0.3, -0.25) is 9.78 Å². The summed E-state index contributed by atoms with van der Waals surface area (Å²) < 4.78 is 0. The third-order valence-electron chi connectivity index (χ3n) is 3.17. The third-order valence-corrected chi connectivity index (χ3v) is 4.09. The molecule has 1 aromatic carbocycles. The average molecular weight is 336 g/mol. The normalized spacial score (nSPS) is 10.4. The van der Waals surface area contributed by atoms with Crippen molar-refractivity contribution in [3.05, 3.63) is 60.6 Å². The van der Waals surface area contributed by atoms with Crippen LogP contribution in [-0.4, -0.2) is 20.9 Å². The standard InChI is InChI=1S/C18H16N4OS/c1-12-11-17(22-18(20-12)14-7-9-19-10-8-14)24-16-5-3-15(4-6-16)21-13(2)23/h3-11H,1-2H3,(H,21,23). The lowest BCUT2D eigenvalue weighted by atomic mass is 10.2. The van der Waals surface area contributed by atoms with Crippen molar-refractivity contribution in [1.82, 2.24) is 15.0 Å². The number of aromatic nitrogens is 3. The summed E-state index contributed by atoms with van der Waals surface area (Å²) in [5.41, 5.74) is 2.63. The predicted molar refractivity (Wildman–Crippen MR) is 94.9 cm³/mol. The van der Waals surface area contributed by atoms with Crippen LogP contribution in [-0.2, 0) is 4.79 Å². The Hall–Kier alpha value is -2.73. The Bertz CT molecular complexity index is 851. The van der Waals surface area contributed by atoms with Gasteiger partial charge in [-0.15, -0.1) is 0 Å². The minimum absolute atomic E-state index is 0.0798. The van der Waals surface area contributed by atoms with Gasteiger partial charge in [0.2, 0.25) is 5.91 Å². The van der Waals surface area contributed by atoms with Crippen LogP contribution in [0.25, 0.3) is 11.4 Å². The first-order valence-corrected chi connectivity index (χ1v) is 8.23. The summed E-state index contributed by atoms with van der Waals surface area (Å²) in [6, 6.07) is 13.4. The zero-order valence-electron chi connectivity index (χ0n) is 13.4. The molecule has 0 saturated heterocycles. The summed E-state index contributed by atoms with van der Waals surface area (Å²) in [6.07, 6.45) is 3.46. The smallest absolute Gasteiger partial charge is 0.221 e. The second-order valence-corrected chi connectivity index (χ2v) is 6.31. The van der Waals surface area contributed by atoms with Gasteiger partial charge in [0.05, 0.1) is 0 Å². The average Bonchev–Trinajstić information content (AvgIpc) is 2.56. The first-order valence-electron chi connectivity index (χ1n) is 7.42. The number of pyridine rings is 1. The van der Waals surface area contributed by atoms with Crippen LogP contribution in [0.15, 0.2) is 64.8 Å². The highest BCUT2D eigenvalue weighted by Crippen LogP contribution is 2.29. The molecule has 0 spiro atoms. The molecule has 3 rings (SSSR count). The van der Waals surface area contributed by atoms with Gasteiger partial charge in [-0.05, 0) is 49.4 Å². The number of aryl methyl sites for hydroxylation is 1. The number of hydrogen-bond acceptors (Lipinski definition) is 5. The Morgan fingerprint density at radius 1 is 1.04 bits per heavy atom. The molecule has 3 aromatic rings. The molecule has 120 valence electrons. The molecule has 24 heavy (non-hydrogen) atoms. The number of carbonyl (C=O) groups is 1. The van der Waals surface area contributed by atoms with E-state index in [1.165, 1.54) is 6.92 Å². The fourth-order valence-electron chi connectivity index (χ4n) is 2.15. The van der Waals surface area contributed by atoms with Gasteiger partial charge in [0.1, 0.15) is 5.03 Å². The molecule has 2 heterocycles. The highest BCUT2D eigenvalue weighted by molar-refractivity contribution is 7.99. The minimum Gasteiger partial charge on any atom is -0.326 e. The summed E-state index contributed by atoms with van der Waals surface area (Å²) in [5, 5.41) is 3.63. The van der Waals surface area contributed by atoms with Gasteiger partial charge < -0.3 is 5.32 Å². The van der Waals surface area contributed by atoms with E-state index in [9.17, 15) is 4.79 Å². The SMILES string of the molecule is CC(=O)Nc1ccc(Sc2cc(C)nc(-c3ccncc3)n2)cc1. The summed E-state index contributed by atoms with van der Waals surface area (Å²) >= 11 is 1.56. The second-order valence-electron chi connectivity index (χ2n) is 5.21. The van der Waals surface area contributed by atoms with Crippen LogP contribution in [0, 0.1) is 6.92 Å². The van der Waals surface area contributed by atoms with E-state index in [0.717, 1.165) is 26.9 Å². The van der Waals surface area contributed by atoms with Gasteiger partial charge in [0.15, 0.2) is 5.82 Å². The van der Waals surface area contributed by atoms with Crippen LogP contribution in [0.1, 0.15) is 12.6 Å². The molecule has 2 aromatic heterocycles. The maximum atomic E-state index is 11.1. The lowest BCUT2D eigenvalue weighted by molar-refractivity contribution is -0.114. The molecule has 0 aliphatic rings. The molecule has 6 heteroatoms. The van der Waals surface area contributed by atoms with Crippen molar-refractivity contribution in [1.29, 1.82) is 0 Å². The molecular formula is C18H16N4OS. The van der Waals surface area contributed by atoms with Gasteiger partial charge in [0.25, 0.3) is 0 Å². The van der Waals surface area contributed by atoms with E-state index in [1.807, 2.05) is 49.4 Å². The van der Waals surface area contributed by atoms with Crippen molar-refractivity contribution in [3.63, 3.8) is 0 Å². The Kier molecular flexibility index (Phi) is 4.86. The molecule has 0 radical (unpaired) electrons. The Labute approximate surface area is 144 Å². The van der Waals surface area contributed by atoms with Crippen molar-refractivity contribution < 1.29 is 4.79 Å². The van der Waals surface area contributed by atoms with Gasteiger partial charge in [0, 0.05) is 41.2 Å². The van der Waals surface area contributed by atoms with Crippen LogP contribution in [0.3, 0.4) is 0 Å². The van der Waals surface area contributed by atoms with E-state index in [0.29, 0.717) is 5.82 Å². The molecule has 0 aliphatic carbocycles. The summed E-state index contributed by atoms with van der Waals surface area (Å²) in [6.45, 7) is 3.45. The molecule has 0 atom stereocenters. The molecule has 1 amide bonds. The number of anilines is 1. The molecule has 0 unspecified atom stereocenters. The zero-order valence-corrected chi connectivity index (χ0v) is 14.2. The first kappa shape index (κ1) is 16.1. The number of nitrogens with one attached hydrogen (secondary N) is 1. The lowest BCUT2D eigenvalue weighted by Crippen LogP contribution is -2.05.